The molecule has 0 spiro atoms. The molecule has 7 heteroatoms. The molecule has 7 nitrogen and oxygen atoms in total. The Morgan fingerprint density at radius 1 is 1.41 bits per heavy atom. The molecule has 1 aromatic heterocycles. The molecule has 2 heterocycles. The zero-order valence-corrected chi connectivity index (χ0v) is 13.2. The lowest BCUT2D eigenvalue weighted by molar-refractivity contribution is 0.0983. The Hall–Kier alpha value is -1.89. The van der Waals surface area contributed by atoms with Crippen molar-refractivity contribution in [2.24, 2.45) is 0 Å². The Morgan fingerprint density at radius 2 is 2.18 bits per heavy atom. The van der Waals surface area contributed by atoms with Gasteiger partial charge in [0.1, 0.15) is 12.1 Å². The van der Waals surface area contributed by atoms with Crippen molar-refractivity contribution in [3.05, 3.63) is 18.1 Å². The highest BCUT2D eigenvalue weighted by molar-refractivity contribution is 5.67. The van der Waals surface area contributed by atoms with Crippen LogP contribution in [0.4, 0.5) is 10.6 Å². The molecule has 2 rings (SSSR count). The van der Waals surface area contributed by atoms with Crippen LogP contribution in [0.1, 0.15) is 25.5 Å². The number of hydrogen-bond acceptors (Lipinski definition) is 6. The number of carbonyl (C=O) groups is 1. The van der Waals surface area contributed by atoms with Crippen molar-refractivity contribution in [1.82, 2.24) is 14.9 Å². The van der Waals surface area contributed by atoms with Crippen molar-refractivity contribution in [3.63, 3.8) is 0 Å². The van der Waals surface area contributed by atoms with E-state index in [-0.39, 0.29) is 6.09 Å². The van der Waals surface area contributed by atoms with Crippen molar-refractivity contribution in [2.45, 2.75) is 32.2 Å². The van der Waals surface area contributed by atoms with Crippen LogP contribution >= 0.6 is 0 Å². The van der Waals surface area contributed by atoms with Crippen LogP contribution in [0.15, 0.2) is 12.4 Å². The molecule has 0 unspecified atom stereocenters. The minimum absolute atomic E-state index is 0.218. The quantitative estimate of drug-likeness (QED) is 0.862. The Labute approximate surface area is 131 Å². The van der Waals surface area contributed by atoms with Crippen molar-refractivity contribution in [3.8, 4) is 0 Å². The highest BCUT2D eigenvalue weighted by Gasteiger charge is 2.23. The van der Waals surface area contributed by atoms with Crippen molar-refractivity contribution in [1.29, 1.82) is 0 Å². The minimum atomic E-state index is -0.218. The SMILES string of the molecule is CCOC(=O)N1CCC(Nc2cc(CCOC)ncn2)CC1. The lowest BCUT2D eigenvalue weighted by Gasteiger charge is -2.31. The predicted molar refractivity (Wildman–Crippen MR) is 82.9 cm³/mol. The van der Waals surface area contributed by atoms with E-state index >= 15 is 0 Å². The molecule has 1 aliphatic rings. The largest absolute Gasteiger partial charge is 0.450 e. The number of piperidine rings is 1. The first kappa shape index (κ1) is 16.5. The molecule has 0 radical (unpaired) electrons. The smallest absolute Gasteiger partial charge is 0.409 e. The standard InChI is InChI=1S/C15H24N4O3/c1-3-22-15(20)19-7-4-12(5-8-19)18-14-10-13(6-9-21-2)16-11-17-14/h10-12H,3-9H2,1-2H3,(H,16,17,18). The molecule has 22 heavy (non-hydrogen) atoms. The van der Waals surface area contributed by atoms with Crippen LogP contribution in [0.3, 0.4) is 0 Å². The van der Waals surface area contributed by atoms with Gasteiger partial charge in [-0.1, -0.05) is 0 Å². The van der Waals surface area contributed by atoms with Gasteiger partial charge in [0.25, 0.3) is 0 Å². The maximum atomic E-state index is 11.7. The van der Waals surface area contributed by atoms with Crippen molar-refractivity contribution in [2.75, 3.05) is 38.7 Å². The van der Waals surface area contributed by atoms with Gasteiger partial charge in [0.15, 0.2) is 0 Å². The molecule has 122 valence electrons. The third kappa shape index (κ3) is 4.84. The van der Waals surface area contributed by atoms with E-state index in [0.717, 1.165) is 30.8 Å². The number of carbonyl (C=O) groups excluding carboxylic acids is 1. The minimum Gasteiger partial charge on any atom is -0.450 e. The molecule has 1 amide bonds. The number of ether oxygens (including phenoxy) is 2. The van der Waals surface area contributed by atoms with E-state index in [1.807, 2.05) is 13.0 Å². The van der Waals surface area contributed by atoms with E-state index < -0.39 is 0 Å². The molecular weight excluding hydrogens is 284 g/mol. The number of amides is 1. The summed E-state index contributed by atoms with van der Waals surface area (Å²) >= 11 is 0. The third-order valence-corrected chi connectivity index (χ3v) is 3.66. The molecule has 0 aromatic carbocycles. The maximum Gasteiger partial charge on any atom is 0.409 e. The fraction of sp³-hybridized carbons (Fsp3) is 0.667. The first-order valence-electron chi connectivity index (χ1n) is 7.71. The molecule has 0 saturated carbocycles. The summed E-state index contributed by atoms with van der Waals surface area (Å²) in [5, 5.41) is 3.42. The number of nitrogens with one attached hydrogen (secondary N) is 1. The van der Waals surface area contributed by atoms with Gasteiger partial charge in [-0.3, -0.25) is 0 Å². The van der Waals surface area contributed by atoms with E-state index in [1.165, 1.54) is 0 Å². The van der Waals surface area contributed by atoms with Gasteiger partial charge in [0.05, 0.1) is 13.2 Å². The number of rotatable bonds is 6. The number of hydrogen-bond donors (Lipinski definition) is 1. The molecule has 0 aliphatic carbocycles. The van der Waals surface area contributed by atoms with Gasteiger partial charge in [0.2, 0.25) is 0 Å². The van der Waals surface area contributed by atoms with Crippen LogP contribution in [0.2, 0.25) is 0 Å². The van der Waals surface area contributed by atoms with Gasteiger partial charge >= 0.3 is 6.09 Å². The Bertz CT molecular complexity index is 476. The van der Waals surface area contributed by atoms with Crippen LogP contribution < -0.4 is 5.32 Å². The average Bonchev–Trinajstić information content (AvgIpc) is 2.54. The topological polar surface area (TPSA) is 76.6 Å². The second-order valence-corrected chi connectivity index (χ2v) is 5.24. The fourth-order valence-electron chi connectivity index (χ4n) is 2.45. The van der Waals surface area contributed by atoms with Crippen LogP contribution in [0.5, 0.6) is 0 Å². The summed E-state index contributed by atoms with van der Waals surface area (Å²) < 4.78 is 10.1. The molecule has 0 atom stereocenters. The summed E-state index contributed by atoms with van der Waals surface area (Å²) in [6, 6.07) is 2.27. The molecule has 1 N–H and O–H groups in total. The average molecular weight is 308 g/mol. The molecule has 1 aliphatic heterocycles. The van der Waals surface area contributed by atoms with Gasteiger partial charge in [-0.05, 0) is 19.8 Å². The highest BCUT2D eigenvalue weighted by atomic mass is 16.6. The number of aromatic nitrogens is 2. The van der Waals surface area contributed by atoms with Gasteiger partial charge in [-0.15, -0.1) is 0 Å². The van der Waals surface area contributed by atoms with E-state index in [1.54, 1.807) is 18.3 Å². The summed E-state index contributed by atoms with van der Waals surface area (Å²) in [6.07, 6.45) is 3.90. The number of methoxy groups -OCH3 is 1. The first-order valence-corrected chi connectivity index (χ1v) is 7.71. The Morgan fingerprint density at radius 3 is 2.86 bits per heavy atom. The Balaban J connectivity index is 1.81. The predicted octanol–water partition coefficient (Wildman–Crippen LogP) is 1.70. The third-order valence-electron chi connectivity index (χ3n) is 3.66. The molecule has 1 aromatic rings. The lowest BCUT2D eigenvalue weighted by Crippen LogP contribution is -2.42. The van der Waals surface area contributed by atoms with E-state index in [4.69, 9.17) is 9.47 Å². The first-order chi connectivity index (χ1) is 10.7. The summed E-state index contributed by atoms with van der Waals surface area (Å²) in [7, 11) is 1.68. The van der Waals surface area contributed by atoms with Crippen LogP contribution in [-0.4, -0.2) is 60.4 Å². The fourth-order valence-corrected chi connectivity index (χ4v) is 2.45. The summed E-state index contributed by atoms with van der Waals surface area (Å²) in [5.74, 6) is 0.829. The molecule has 1 fully saturated rings. The lowest BCUT2D eigenvalue weighted by atomic mass is 10.1. The van der Waals surface area contributed by atoms with Gasteiger partial charge < -0.3 is 19.7 Å². The van der Waals surface area contributed by atoms with Gasteiger partial charge in [0, 0.05) is 44.4 Å². The van der Waals surface area contributed by atoms with Crippen molar-refractivity contribution < 1.29 is 14.3 Å². The number of anilines is 1. The maximum absolute atomic E-state index is 11.7. The van der Waals surface area contributed by atoms with Gasteiger partial charge in [-0.25, -0.2) is 14.8 Å². The number of likely N-dealkylation sites (tertiary alicyclic amines) is 1. The highest BCUT2D eigenvalue weighted by Crippen LogP contribution is 2.16. The normalized spacial score (nSPS) is 15.6. The zero-order valence-electron chi connectivity index (χ0n) is 13.2. The van der Waals surface area contributed by atoms with Crippen LogP contribution in [0.25, 0.3) is 0 Å². The molecular formula is C15H24N4O3. The monoisotopic (exact) mass is 308 g/mol. The van der Waals surface area contributed by atoms with Crippen LogP contribution in [0, 0.1) is 0 Å². The Kier molecular flexibility index (Phi) is 6.39. The summed E-state index contributed by atoms with van der Waals surface area (Å²) in [5.41, 5.74) is 0.961. The summed E-state index contributed by atoms with van der Waals surface area (Å²) in [6.45, 7) is 4.30. The second-order valence-electron chi connectivity index (χ2n) is 5.24. The van der Waals surface area contributed by atoms with E-state index in [2.05, 4.69) is 15.3 Å². The van der Waals surface area contributed by atoms with E-state index in [0.29, 0.717) is 32.3 Å². The summed E-state index contributed by atoms with van der Waals surface area (Å²) in [4.78, 5) is 21.9. The van der Waals surface area contributed by atoms with Gasteiger partial charge in [-0.2, -0.15) is 0 Å². The van der Waals surface area contributed by atoms with E-state index in [9.17, 15) is 4.79 Å². The van der Waals surface area contributed by atoms with Crippen LogP contribution in [-0.2, 0) is 15.9 Å². The van der Waals surface area contributed by atoms with Crippen molar-refractivity contribution >= 4 is 11.9 Å². The zero-order chi connectivity index (χ0) is 15.8. The second kappa shape index (κ2) is 8.53. The molecule has 0 bridgehead atoms. The molecule has 1 saturated heterocycles. The number of nitrogens with zero attached hydrogens (tertiary/aromatic N) is 3.